The monoisotopic (exact) mass is 469 g/mol. The van der Waals surface area contributed by atoms with E-state index >= 15 is 0 Å². The molecule has 0 amide bonds. The molecule has 2 N–H and O–H groups in total. The van der Waals surface area contributed by atoms with Crippen molar-refractivity contribution in [2.75, 3.05) is 6.61 Å². The topological polar surface area (TPSA) is 92.8 Å². The summed E-state index contributed by atoms with van der Waals surface area (Å²) in [5.41, 5.74) is 4.80. The molecule has 3 heterocycles. The Morgan fingerprint density at radius 1 is 1.03 bits per heavy atom. The van der Waals surface area contributed by atoms with Crippen molar-refractivity contribution in [3.63, 3.8) is 0 Å². The molecule has 0 saturated heterocycles. The third-order valence-corrected chi connectivity index (χ3v) is 5.90. The van der Waals surface area contributed by atoms with Crippen molar-refractivity contribution in [3.05, 3.63) is 72.1 Å². The first-order chi connectivity index (χ1) is 16.7. The van der Waals surface area contributed by atoms with E-state index in [-0.39, 0.29) is 6.42 Å². The molecule has 0 bridgehead atoms. The maximum atomic E-state index is 11.8. The van der Waals surface area contributed by atoms with Crippen LogP contribution in [0.2, 0.25) is 0 Å². The van der Waals surface area contributed by atoms with E-state index in [1.54, 1.807) is 27.0 Å². The van der Waals surface area contributed by atoms with Crippen LogP contribution >= 0.6 is 0 Å². The zero-order chi connectivity index (χ0) is 24.7. The summed E-state index contributed by atoms with van der Waals surface area (Å²) < 4.78 is 11.6. The van der Waals surface area contributed by atoms with Gasteiger partial charge in [-0.3, -0.25) is 9.78 Å². The van der Waals surface area contributed by atoms with E-state index in [0.717, 1.165) is 55.9 Å². The summed E-state index contributed by atoms with van der Waals surface area (Å²) >= 11 is 0. The molecule has 3 aromatic carbocycles. The molecule has 0 spiro atoms. The number of aromatic nitrogens is 1. The van der Waals surface area contributed by atoms with Crippen LogP contribution in [0.3, 0.4) is 0 Å². The van der Waals surface area contributed by atoms with Gasteiger partial charge in [0.05, 0.1) is 30.4 Å². The van der Waals surface area contributed by atoms with E-state index in [4.69, 9.17) is 19.2 Å². The SMILES string of the molecule is CC(C)(C)O.O=C(O)Cc1c(-c2ccc3c4c(ccnc24)CCO3)c2ccccc2c2occc12. The summed E-state index contributed by atoms with van der Waals surface area (Å²) in [6, 6.07) is 15.8. The number of hydrogen-bond donors (Lipinski definition) is 2. The van der Waals surface area contributed by atoms with E-state index < -0.39 is 11.6 Å². The Morgan fingerprint density at radius 3 is 2.51 bits per heavy atom. The average Bonchev–Trinajstić information content (AvgIpc) is 3.30. The number of pyridine rings is 1. The zero-order valence-electron chi connectivity index (χ0n) is 20.0. The molecular weight excluding hydrogens is 442 g/mol. The van der Waals surface area contributed by atoms with E-state index in [0.29, 0.717) is 12.2 Å². The highest BCUT2D eigenvalue weighted by molar-refractivity contribution is 6.17. The first-order valence-corrected chi connectivity index (χ1v) is 11.6. The molecule has 2 aromatic heterocycles. The predicted octanol–water partition coefficient (Wildman–Crippen LogP) is 6.14. The average molecular weight is 470 g/mol. The Kier molecular flexibility index (Phi) is 5.69. The Bertz CT molecular complexity index is 1560. The van der Waals surface area contributed by atoms with E-state index in [2.05, 4.69) is 0 Å². The lowest BCUT2D eigenvalue weighted by Gasteiger charge is -2.21. The summed E-state index contributed by atoms with van der Waals surface area (Å²) in [7, 11) is 0. The van der Waals surface area contributed by atoms with Crippen LogP contribution in [0.5, 0.6) is 5.75 Å². The molecule has 6 nitrogen and oxygen atoms in total. The molecule has 178 valence electrons. The minimum absolute atomic E-state index is 0.102. The zero-order valence-corrected chi connectivity index (χ0v) is 20.0. The Balaban J connectivity index is 0.000000464. The molecule has 5 aromatic rings. The van der Waals surface area contributed by atoms with Crippen LogP contribution in [0.15, 0.2) is 65.4 Å². The van der Waals surface area contributed by atoms with Gasteiger partial charge in [0.1, 0.15) is 11.3 Å². The number of carboxylic acids is 1. The lowest BCUT2D eigenvalue weighted by atomic mass is 9.87. The summed E-state index contributed by atoms with van der Waals surface area (Å²) in [6.45, 7) is 5.88. The number of carboxylic acid groups (broad SMARTS) is 1. The van der Waals surface area contributed by atoms with Gasteiger partial charge in [-0.05, 0) is 67.1 Å². The number of aliphatic carboxylic acids is 1. The number of benzene rings is 3. The number of carbonyl (C=O) groups is 1. The summed E-state index contributed by atoms with van der Waals surface area (Å²) in [5.74, 6) is -0.0513. The van der Waals surface area contributed by atoms with Crippen molar-refractivity contribution in [3.8, 4) is 16.9 Å². The summed E-state index contributed by atoms with van der Waals surface area (Å²) in [4.78, 5) is 16.5. The molecule has 0 atom stereocenters. The maximum absolute atomic E-state index is 11.8. The van der Waals surface area contributed by atoms with Crippen LogP contribution in [0.4, 0.5) is 0 Å². The van der Waals surface area contributed by atoms with Crippen LogP contribution < -0.4 is 4.74 Å². The first kappa shape index (κ1) is 22.9. The summed E-state index contributed by atoms with van der Waals surface area (Å²) in [5, 5.41) is 22.0. The molecule has 1 aliphatic heterocycles. The fraction of sp³-hybridized carbons (Fsp3) is 0.241. The van der Waals surface area contributed by atoms with Crippen molar-refractivity contribution in [2.24, 2.45) is 0 Å². The number of fused-ring (bicyclic) bond motifs is 3. The van der Waals surface area contributed by atoms with Gasteiger partial charge in [-0.15, -0.1) is 0 Å². The smallest absolute Gasteiger partial charge is 0.307 e. The third kappa shape index (κ3) is 4.33. The van der Waals surface area contributed by atoms with Crippen LogP contribution in [-0.2, 0) is 17.6 Å². The van der Waals surface area contributed by atoms with Gasteiger partial charge in [0, 0.05) is 34.3 Å². The molecule has 6 rings (SSSR count). The number of nitrogens with zero attached hydrogens (tertiary/aromatic N) is 1. The van der Waals surface area contributed by atoms with Crippen molar-refractivity contribution < 1.29 is 24.2 Å². The van der Waals surface area contributed by atoms with Gasteiger partial charge >= 0.3 is 5.97 Å². The van der Waals surface area contributed by atoms with Gasteiger partial charge in [-0.2, -0.15) is 0 Å². The highest BCUT2D eigenvalue weighted by Gasteiger charge is 2.23. The number of ether oxygens (including phenoxy) is 1. The molecule has 1 aliphatic rings. The van der Waals surface area contributed by atoms with Gasteiger partial charge in [0.25, 0.3) is 0 Å². The second kappa shape index (κ2) is 8.71. The molecule has 0 radical (unpaired) electrons. The molecule has 0 unspecified atom stereocenters. The number of furan rings is 1. The molecular formula is C29H27NO5. The maximum Gasteiger partial charge on any atom is 0.307 e. The summed E-state index contributed by atoms with van der Waals surface area (Å²) in [6.07, 6.45) is 4.18. The van der Waals surface area contributed by atoms with Gasteiger partial charge in [0.2, 0.25) is 0 Å². The van der Waals surface area contributed by atoms with Gasteiger partial charge in [-0.1, -0.05) is 24.3 Å². The molecule has 35 heavy (non-hydrogen) atoms. The van der Waals surface area contributed by atoms with Gasteiger partial charge in [0.15, 0.2) is 0 Å². The number of aliphatic hydroxyl groups is 1. The van der Waals surface area contributed by atoms with E-state index in [1.807, 2.05) is 54.7 Å². The Hall–Kier alpha value is -3.90. The van der Waals surface area contributed by atoms with Crippen LogP contribution in [0.1, 0.15) is 31.9 Å². The van der Waals surface area contributed by atoms with Crippen LogP contribution in [-0.4, -0.2) is 33.4 Å². The van der Waals surface area contributed by atoms with E-state index in [9.17, 15) is 9.90 Å². The van der Waals surface area contributed by atoms with Crippen molar-refractivity contribution in [1.82, 2.24) is 4.98 Å². The largest absolute Gasteiger partial charge is 0.493 e. The van der Waals surface area contributed by atoms with Crippen LogP contribution in [0, 0.1) is 0 Å². The minimum Gasteiger partial charge on any atom is -0.493 e. The second-order valence-electron chi connectivity index (χ2n) is 9.71. The highest BCUT2D eigenvalue weighted by Crippen LogP contribution is 2.44. The molecule has 0 aliphatic carbocycles. The fourth-order valence-electron chi connectivity index (χ4n) is 4.70. The highest BCUT2D eigenvalue weighted by atomic mass is 16.5. The first-order valence-electron chi connectivity index (χ1n) is 11.6. The molecule has 6 heteroatoms. The minimum atomic E-state index is -0.881. The lowest BCUT2D eigenvalue weighted by Crippen LogP contribution is -2.10. The van der Waals surface area contributed by atoms with Crippen molar-refractivity contribution in [1.29, 1.82) is 0 Å². The lowest BCUT2D eigenvalue weighted by molar-refractivity contribution is -0.136. The van der Waals surface area contributed by atoms with Crippen molar-refractivity contribution >= 4 is 38.6 Å². The number of hydrogen-bond acceptors (Lipinski definition) is 5. The predicted molar refractivity (Wildman–Crippen MR) is 137 cm³/mol. The van der Waals surface area contributed by atoms with E-state index in [1.165, 1.54) is 5.56 Å². The van der Waals surface area contributed by atoms with Gasteiger partial charge in [-0.25, -0.2) is 0 Å². The fourth-order valence-corrected chi connectivity index (χ4v) is 4.70. The third-order valence-electron chi connectivity index (χ3n) is 5.90. The number of rotatable bonds is 3. The molecule has 0 saturated carbocycles. The normalized spacial score (nSPS) is 12.9. The Labute approximate surface area is 202 Å². The second-order valence-corrected chi connectivity index (χ2v) is 9.71. The van der Waals surface area contributed by atoms with Crippen LogP contribution in [0.25, 0.3) is 43.8 Å². The van der Waals surface area contributed by atoms with Gasteiger partial charge < -0.3 is 19.4 Å². The Morgan fingerprint density at radius 2 is 1.77 bits per heavy atom. The van der Waals surface area contributed by atoms with Crippen molar-refractivity contribution in [2.45, 2.75) is 39.2 Å². The quantitative estimate of drug-likeness (QED) is 0.330. The molecule has 0 fully saturated rings. The standard InChI is InChI=1S/C25H17NO4.C4H10O/c27-21(28)13-19-17-9-12-30-25(17)16-4-2-1-3-15(16)23(19)18-5-6-20-22-14(8-11-29-20)7-10-26-24(18)22;1-4(2,3)5/h1-7,9-10,12H,8,11,13H2,(H,27,28);5H,1-3H3.